The molecule has 0 radical (unpaired) electrons. The molecule has 1 aromatic rings. The van der Waals surface area contributed by atoms with Gasteiger partial charge in [0.2, 0.25) is 0 Å². The van der Waals surface area contributed by atoms with Gasteiger partial charge in [0.15, 0.2) is 0 Å². The van der Waals surface area contributed by atoms with E-state index in [0.717, 1.165) is 19.1 Å². The number of hydrogen-bond acceptors (Lipinski definition) is 5. The molecule has 2 atom stereocenters. The molecule has 2 N–H and O–H groups in total. The highest BCUT2D eigenvalue weighted by Crippen LogP contribution is 2.38. The molecule has 2 saturated heterocycles. The first-order valence-electron chi connectivity index (χ1n) is 8.29. The number of rotatable bonds is 2. The largest absolute Gasteiger partial charge is 0.507 e. The molecule has 2 heterocycles. The number of carbonyl (C=O) groups is 1. The van der Waals surface area contributed by atoms with Crippen LogP contribution >= 0.6 is 0 Å². The highest BCUT2D eigenvalue weighted by Gasteiger charge is 2.43. The van der Waals surface area contributed by atoms with Gasteiger partial charge in [0.25, 0.3) is 5.91 Å². The first-order valence-corrected chi connectivity index (χ1v) is 8.29. The second-order valence-electron chi connectivity index (χ2n) is 6.76. The van der Waals surface area contributed by atoms with Gasteiger partial charge in [0, 0.05) is 25.7 Å². The maximum atomic E-state index is 12.7. The first-order chi connectivity index (χ1) is 11.1. The van der Waals surface area contributed by atoms with Crippen LogP contribution in [0.5, 0.6) is 11.5 Å². The molecule has 0 aromatic heterocycles. The lowest BCUT2D eigenvalue weighted by atomic mass is 10.0. The number of ether oxygens (including phenoxy) is 1. The third-order valence-electron chi connectivity index (χ3n) is 5.24. The molecule has 6 nitrogen and oxygen atoms in total. The Morgan fingerprint density at radius 2 is 1.87 bits per heavy atom. The number of hydrogen-bond donors (Lipinski definition) is 2. The zero-order valence-corrected chi connectivity index (χ0v) is 13.0. The molecule has 124 valence electrons. The number of piperazine rings is 1. The Labute approximate surface area is 135 Å². The Kier molecular flexibility index (Phi) is 3.66. The van der Waals surface area contributed by atoms with Crippen LogP contribution in [-0.2, 0) is 4.74 Å². The molecule has 0 spiro atoms. The fourth-order valence-corrected chi connectivity index (χ4v) is 3.85. The summed E-state index contributed by atoms with van der Waals surface area (Å²) in [5.74, 6) is 0.0948. The summed E-state index contributed by atoms with van der Waals surface area (Å²) in [6, 6.07) is 5.07. The van der Waals surface area contributed by atoms with Crippen LogP contribution in [0.2, 0.25) is 0 Å². The maximum absolute atomic E-state index is 12.7. The number of amides is 1. The van der Waals surface area contributed by atoms with E-state index in [-0.39, 0.29) is 29.0 Å². The van der Waals surface area contributed by atoms with Gasteiger partial charge in [0.05, 0.1) is 19.3 Å². The summed E-state index contributed by atoms with van der Waals surface area (Å²) in [5.41, 5.74) is -0.00331. The highest BCUT2D eigenvalue weighted by molar-refractivity contribution is 5.99. The lowest BCUT2D eigenvalue weighted by Gasteiger charge is -2.48. The molecule has 0 unspecified atom stereocenters. The van der Waals surface area contributed by atoms with E-state index < -0.39 is 0 Å². The van der Waals surface area contributed by atoms with Crippen LogP contribution in [0.1, 0.15) is 23.2 Å². The van der Waals surface area contributed by atoms with Crippen molar-refractivity contribution in [1.29, 1.82) is 0 Å². The third-order valence-corrected chi connectivity index (χ3v) is 5.24. The van der Waals surface area contributed by atoms with Gasteiger partial charge < -0.3 is 19.8 Å². The molecule has 3 aliphatic rings. The number of carbonyl (C=O) groups excluding carboxylic acids is 1. The minimum absolute atomic E-state index is 0.00331. The highest BCUT2D eigenvalue weighted by atomic mass is 16.5. The van der Waals surface area contributed by atoms with Crippen molar-refractivity contribution < 1.29 is 19.7 Å². The maximum Gasteiger partial charge on any atom is 0.261 e. The molecule has 6 heteroatoms. The molecule has 1 saturated carbocycles. The van der Waals surface area contributed by atoms with Gasteiger partial charge in [-0.05, 0) is 30.9 Å². The van der Waals surface area contributed by atoms with Crippen molar-refractivity contribution in [1.82, 2.24) is 9.80 Å². The van der Waals surface area contributed by atoms with Crippen LogP contribution in [0.15, 0.2) is 18.2 Å². The summed E-state index contributed by atoms with van der Waals surface area (Å²) in [6.07, 6.45) is 2.57. The van der Waals surface area contributed by atoms with Crippen LogP contribution in [-0.4, -0.2) is 70.9 Å². The fourth-order valence-electron chi connectivity index (χ4n) is 3.85. The average Bonchev–Trinajstić information content (AvgIpc) is 3.38. The van der Waals surface area contributed by atoms with Crippen LogP contribution in [0.4, 0.5) is 0 Å². The van der Waals surface area contributed by atoms with Gasteiger partial charge in [-0.1, -0.05) is 6.07 Å². The molecule has 2 aliphatic heterocycles. The van der Waals surface area contributed by atoms with E-state index in [4.69, 9.17) is 4.74 Å². The molecule has 1 aromatic carbocycles. The quantitative estimate of drug-likeness (QED) is 0.852. The van der Waals surface area contributed by atoms with E-state index in [1.165, 1.54) is 31.0 Å². The second kappa shape index (κ2) is 5.69. The molecule has 23 heavy (non-hydrogen) atoms. The van der Waals surface area contributed by atoms with Crippen LogP contribution < -0.4 is 0 Å². The van der Waals surface area contributed by atoms with Gasteiger partial charge in [-0.15, -0.1) is 0 Å². The lowest BCUT2D eigenvalue weighted by molar-refractivity contribution is -0.0816. The number of phenols is 2. The van der Waals surface area contributed by atoms with E-state index in [0.29, 0.717) is 25.7 Å². The van der Waals surface area contributed by atoms with E-state index in [2.05, 4.69) is 4.90 Å². The normalized spacial score (nSPS) is 28.4. The summed E-state index contributed by atoms with van der Waals surface area (Å²) in [4.78, 5) is 16.9. The van der Waals surface area contributed by atoms with Gasteiger partial charge >= 0.3 is 0 Å². The summed E-state index contributed by atoms with van der Waals surface area (Å²) in [6.45, 7) is 3.46. The Bertz CT molecular complexity index is 596. The monoisotopic (exact) mass is 318 g/mol. The minimum atomic E-state index is -0.311. The Hall–Kier alpha value is -1.79. The van der Waals surface area contributed by atoms with E-state index in [1.54, 1.807) is 4.90 Å². The van der Waals surface area contributed by atoms with Crippen molar-refractivity contribution in [3.63, 3.8) is 0 Å². The minimum Gasteiger partial charge on any atom is -0.507 e. The van der Waals surface area contributed by atoms with Crippen molar-refractivity contribution in [3.8, 4) is 11.5 Å². The Morgan fingerprint density at radius 3 is 2.57 bits per heavy atom. The molecule has 3 fully saturated rings. The lowest BCUT2D eigenvalue weighted by Crippen LogP contribution is -2.63. The molecule has 1 aliphatic carbocycles. The van der Waals surface area contributed by atoms with Crippen LogP contribution in [0.25, 0.3) is 0 Å². The number of aromatic hydroxyl groups is 2. The van der Waals surface area contributed by atoms with Crippen molar-refractivity contribution in [2.75, 3.05) is 32.8 Å². The topological polar surface area (TPSA) is 73.2 Å². The predicted octanol–water partition coefficient (Wildman–Crippen LogP) is 1.03. The standard InChI is InChI=1S/C17H22N2O4/c20-14-2-1-3-15(21)16(14)17(22)18-6-7-19-12(8-18)9-23-10-13(19)11-4-5-11/h1-3,11-13,20-21H,4-10H2/t12-,13-/m1/s1. The van der Waals surface area contributed by atoms with E-state index in [1.807, 2.05) is 0 Å². The summed E-state index contributed by atoms with van der Waals surface area (Å²) < 4.78 is 5.76. The van der Waals surface area contributed by atoms with Gasteiger partial charge in [-0.2, -0.15) is 0 Å². The molecular formula is C17H22N2O4. The summed E-state index contributed by atoms with van der Waals surface area (Å²) in [7, 11) is 0. The molecular weight excluding hydrogens is 296 g/mol. The SMILES string of the molecule is O=C(c1c(O)cccc1O)N1CCN2[C@@H](COC[C@@H]2C2CC2)C1. The molecule has 1 amide bonds. The van der Waals surface area contributed by atoms with Gasteiger partial charge in [-0.3, -0.25) is 9.69 Å². The number of benzene rings is 1. The molecule has 4 rings (SSSR count). The Morgan fingerprint density at radius 1 is 1.13 bits per heavy atom. The van der Waals surface area contributed by atoms with Crippen molar-refractivity contribution in [2.45, 2.75) is 24.9 Å². The first kappa shape index (κ1) is 14.8. The Balaban J connectivity index is 1.50. The number of nitrogens with zero attached hydrogens (tertiary/aromatic N) is 2. The van der Waals surface area contributed by atoms with Crippen molar-refractivity contribution in [3.05, 3.63) is 23.8 Å². The number of phenolic OH excluding ortho intramolecular Hbond substituents is 2. The third kappa shape index (κ3) is 2.66. The number of fused-ring (bicyclic) bond motifs is 1. The smallest absolute Gasteiger partial charge is 0.261 e. The second-order valence-corrected chi connectivity index (χ2v) is 6.76. The molecule has 0 bridgehead atoms. The van der Waals surface area contributed by atoms with E-state index >= 15 is 0 Å². The van der Waals surface area contributed by atoms with Crippen LogP contribution in [0, 0.1) is 5.92 Å². The zero-order chi connectivity index (χ0) is 16.0. The average molecular weight is 318 g/mol. The predicted molar refractivity (Wildman–Crippen MR) is 83.5 cm³/mol. The fraction of sp³-hybridized carbons (Fsp3) is 0.588. The van der Waals surface area contributed by atoms with Gasteiger partial charge in [0.1, 0.15) is 17.1 Å². The van der Waals surface area contributed by atoms with E-state index in [9.17, 15) is 15.0 Å². The summed E-state index contributed by atoms with van der Waals surface area (Å²) >= 11 is 0. The van der Waals surface area contributed by atoms with Gasteiger partial charge in [-0.25, -0.2) is 0 Å². The summed E-state index contributed by atoms with van der Waals surface area (Å²) in [5, 5.41) is 19.8. The van der Waals surface area contributed by atoms with Crippen molar-refractivity contribution >= 4 is 5.91 Å². The zero-order valence-electron chi connectivity index (χ0n) is 13.0. The van der Waals surface area contributed by atoms with Crippen molar-refractivity contribution in [2.24, 2.45) is 5.92 Å². The van der Waals surface area contributed by atoms with Crippen LogP contribution in [0.3, 0.4) is 0 Å². The number of morpholine rings is 1.